The average Bonchev–Trinajstić information content (AvgIpc) is 0.725. The van der Waals surface area contributed by atoms with Gasteiger partial charge in [-0.3, -0.25) is 19.7 Å². The van der Waals surface area contributed by atoms with Crippen LogP contribution in [-0.4, -0.2) is 29.9 Å². The molecule has 0 aliphatic rings. The van der Waals surface area contributed by atoms with Gasteiger partial charge in [0.1, 0.15) is 29.6 Å². The minimum absolute atomic E-state index is 0.278. The Hall–Kier alpha value is -19.5. The maximum absolute atomic E-state index is 15.6. The van der Waals surface area contributed by atoms with Gasteiger partial charge in [-0.1, -0.05) is 309 Å². The first-order valence-electron chi connectivity index (χ1n) is 48.2. The fourth-order valence-electron chi connectivity index (χ4n) is 21.3. The van der Waals surface area contributed by atoms with Crippen LogP contribution in [-0.2, 0) is 0 Å². The topological polar surface area (TPSA) is 96.8 Å². The fraction of sp³-hybridized carbons (Fsp3) is 0. The highest BCUT2D eigenvalue weighted by Crippen LogP contribution is 2.54. The van der Waals surface area contributed by atoms with Crippen molar-refractivity contribution in [3.8, 4) is 0 Å². The minimum Gasteiger partial charge on any atom is -0.307 e. The van der Waals surface area contributed by atoms with Crippen LogP contribution in [0, 0.1) is 17.5 Å². The predicted molar refractivity (Wildman–Crippen MR) is 595 cm³/mol. The third-order valence-electron chi connectivity index (χ3n) is 27.8. The van der Waals surface area contributed by atoms with Gasteiger partial charge in [0.2, 0.25) is 5.95 Å². The predicted octanol–water partition coefficient (Wildman–Crippen LogP) is 36.0. The van der Waals surface area contributed by atoms with E-state index in [9.17, 15) is 0 Å². The molecule has 684 valence electrons. The summed E-state index contributed by atoms with van der Waals surface area (Å²) in [6, 6.07) is 158. The third-order valence-corrected chi connectivity index (χ3v) is 27.8. The summed E-state index contributed by atoms with van der Waals surface area (Å²) >= 11 is 0. The van der Waals surface area contributed by atoms with Gasteiger partial charge in [0.05, 0.1) is 62.9 Å². The quantitative estimate of drug-likeness (QED) is 0.0766. The Morgan fingerprint density at radius 2 is 0.469 bits per heavy atom. The number of halogens is 3. The van der Waals surface area contributed by atoms with Crippen molar-refractivity contribution in [2.75, 3.05) is 29.4 Å². The molecule has 3 heterocycles. The highest BCUT2D eigenvalue weighted by Gasteiger charge is 2.30. The molecule has 0 aliphatic heterocycles. The summed E-state index contributed by atoms with van der Waals surface area (Å²) in [7, 11) is 0. The zero-order valence-corrected chi connectivity index (χ0v) is 77.9. The molecule has 3 aromatic heterocycles. The van der Waals surface area contributed by atoms with Crippen LogP contribution in [0.1, 0.15) is 0 Å². The molecule has 0 bridgehead atoms. The maximum Gasteiger partial charge on any atom is 0.235 e. The van der Waals surface area contributed by atoms with Crippen molar-refractivity contribution < 1.29 is 13.2 Å². The molecular formula is C130H83F3N12. The maximum atomic E-state index is 15.6. The molecule has 0 N–H and O–H groups in total. The minimum atomic E-state index is -0.282. The van der Waals surface area contributed by atoms with E-state index in [-0.39, 0.29) is 17.5 Å². The summed E-state index contributed by atoms with van der Waals surface area (Å²) in [4.78, 5) is 40.8. The SMILES string of the molecule is Fc1ccccc1N(c1ccccc1)c1ccc2ccc3c(N(c4ccc5ccccc5c4)c4ccncn4)ccc4ccc1c2c43.Fc1ccccc1N(c1ccccc1)c1ccc2ccc3c(N(c4ccc5ccccc5c4)c4cnccn4)ccc4ccc1c2c43.Fc1ccccc1N(c1ccccc1)c1ccc2ccc3c(N(c4ccc5ccccc5c4)c4ncc5ccccc5n4)ccc4ccc1c2c43. The summed E-state index contributed by atoms with van der Waals surface area (Å²) in [5.74, 6) is 1.26. The van der Waals surface area contributed by atoms with Crippen molar-refractivity contribution in [1.82, 2.24) is 29.9 Å². The zero-order valence-electron chi connectivity index (χ0n) is 77.9. The lowest BCUT2D eigenvalue weighted by Gasteiger charge is -2.29. The van der Waals surface area contributed by atoms with Crippen LogP contribution in [0.2, 0.25) is 0 Å². The molecule has 28 rings (SSSR count). The number of hydrogen-bond donors (Lipinski definition) is 0. The molecule has 12 nitrogen and oxygen atoms in total. The van der Waals surface area contributed by atoms with E-state index in [4.69, 9.17) is 19.9 Å². The number of para-hydroxylation sites is 7. The summed E-state index contributed by atoms with van der Waals surface area (Å²) in [6.07, 6.45) is 10.5. The summed E-state index contributed by atoms with van der Waals surface area (Å²) in [5, 5.41) is 27.9. The molecule has 0 unspecified atom stereocenters. The van der Waals surface area contributed by atoms with Crippen molar-refractivity contribution in [2.24, 2.45) is 0 Å². The number of nitrogens with zero attached hydrogens (tertiary/aromatic N) is 12. The Balaban J connectivity index is 0.000000111. The Bertz CT molecular complexity index is 9340. The van der Waals surface area contributed by atoms with Gasteiger partial charge in [0, 0.05) is 96.6 Å². The second-order valence-electron chi connectivity index (χ2n) is 36.1. The molecule has 15 heteroatoms. The zero-order chi connectivity index (χ0) is 96.5. The van der Waals surface area contributed by atoms with Gasteiger partial charge in [0.25, 0.3) is 0 Å². The van der Waals surface area contributed by atoms with Crippen molar-refractivity contribution >= 4 is 243 Å². The van der Waals surface area contributed by atoms with Crippen LogP contribution in [0.15, 0.2) is 504 Å². The summed E-state index contributed by atoms with van der Waals surface area (Å²) in [5.41, 5.74) is 13.7. The third kappa shape index (κ3) is 15.3. The molecule has 0 fully saturated rings. The Morgan fingerprint density at radius 1 is 0.172 bits per heavy atom. The van der Waals surface area contributed by atoms with E-state index in [1.54, 1.807) is 49.3 Å². The van der Waals surface area contributed by atoms with E-state index in [0.717, 1.165) is 204 Å². The number of rotatable bonds is 18. The van der Waals surface area contributed by atoms with Crippen LogP contribution >= 0.6 is 0 Å². The van der Waals surface area contributed by atoms with Crippen LogP contribution in [0.5, 0.6) is 0 Å². The molecule has 145 heavy (non-hydrogen) atoms. The summed E-state index contributed by atoms with van der Waals surface area (Å²) in [6.45, 7) is 0. The number of hydrogen-bond acceptors (Lipinski definition) is 12. The van der Waals surface area contributed by atoms with Gasteiger partial charge in [-0.05, 0) is 255 Å². The van der Waals surface area contributed by atoms with Gasteiger partial charge in [-0.25, -0.2) is 38.1 Å². The van der Waals surface area contributed by atoms with E-state index in [2.05, 4.69) is 298 Å². The lowest BCUT2D eigenvalue weighted by molar-refractivity contribution is 0.628. The fourth-order valence-corrected chi connectivity index (χ4v) is 21.3. The molecule has 25 aromatic carbocycles. The normalized spacial score (nSPS) is 11.6. The molecule has 0 saturated carbocycles. The number of anilines is 18. The largest absolute Gasteiger partial charge is 0.307 e. The highest BCUT2D eigenvalue weighted by molar-refractivity contribution is 6.32. The Kier molecular flexibility index (Phi) is 21.5. The first-order valence-corrected chi connectivity index (χ1v) is 48.2. The molecule has 0 amide bonds. The molecule has 0 saturated heterocycles. The molecule has 0 atom stereocenters. The number of benzene rings is 25. The first kappa shape index (κ1) is 85.9. The number of fused-ring (bicyclic) bond motifs is 4. The Morgan fingerprint density at radius 3 is 0.814 bits per heavy atom. The second kappa shape index (κ2) is 36.4. The van der Waals surface area contributed by atoms with Gasteiger partial charge < -0.3 is 14.7 Å². The molecule has 0 aliphatic carbocycles. The molecular weight excluding hydrogens is 1790 g/mol. The van der Waals surface area contributed by atoms with E-state index >= 15 is 13.2 Å². The second-order valence-corrected chi connectivity index (χ2v) is 36.1. The van der Waals surface area contributed by atoms with Crippen LogP contribution < -0.4 is 29.4 Å². The Labute approximate surface area is 831 Å². The van der Waals surface area contributed by atoms with Gasteiger partial charge >= 0.3 is 0 Å². The number of aromatic nitrogens is 6. The monoisotopic (exact) mass is 1870 g/mol. The lowest BCUT2D eigenvalue weighted by Crippen LogP contribution is -2.14. The van der Waals surface area contributed by atoms with Gasteiger partial charge in [-0.2, -0.15) is 0 Å². The molecule has 0 spiro atoms. The first-order chi connectivity index (χ1) is 71.7. The summed E-state index contributed by atoms with van der Waals surface area (Å²) < 4.78 is 46.6. The van der Waals surface area contributed by atoms with E-state index in [1.165, 1.54) is 34.4 Å². The average molecular weight is 1870 g/mol. The smallest absolute Gasteiger partial charge is 0.235 e. The molecule has 0 radical (unpaired) electrons. The lowest BCUT2D eigenvalue weighted by atomic mass is 9.91. The highest BCUT2D eigenvalue weighted by atomic mass is 19.1. The van der Waals surface area contributed by atoms with Crippen molar-refractivity contribution in [2.45, 2.75) is 0 Å². The van der Waals surface area contributed by atoms with Gasteiger partial charge in [0.15, 0.2) is 5.82 Å². The van der Waals surface area contributed by atoms with E-state index < -0.39 is 0 Å². The van der Waals surface area contributed by atoms with Crippen molar-refractivity contribution in [1.29, 1.82) is 0 Å². The van der Waals surface area contributed by atoms with Crippen LogP contribution in [0.25, 0.3) is 140 Å². The molecule has 28 aromatic rings. The van der Waals surface area contributed by atoms with E-state index in [1.807, 2.05) is 179 Å². The van der Waals surface area contributed by atoms with Crippen molar-refractivity contribution in [3.63, 3.8) is 0 Å². The van der Waals surface area contributed by atoms with Crippen molar-refractivity contribution in [3.05, 3.63) is 522 Å². The van der Waals surface area contributed by atoms with Crippen LogP contribution in [0.4, 0.5) is 116 Å². The van der Waals surface area contributed by atoms with Crippen LogP contribution in [0.3, 0.4) is 0 Å². The van der Waals surface area contributed by atoms with Gasteiger partial charge in [-0.15, -0.1) is 0 Å². The van der Waals surface area contributed by atoms with E-state index in [0.29, 0.717) is 23.0 Å². The standard InChI is InChI=1S/C46H29FN4.2C42H27FN4/c47-39-15-7-9-17-43(39)50(35-13-2-1-3-14-35)41-26-21-31-20-25-38-42(27-22-32-19-24-37(41)44(31)45(32)38)51(36-23-18-30-10-4-5-11-33(30)28-36)46-48-29-34-12-6-8-16-40(34)49-46;43-36-12-6-7-13-39(36)46(32-10-2-1-3-11-32)37-22-17-29-16-21-35-38(23-18-30-15-20-34(37)41(29)42(30)35)47(40-27-44-24-25-45-40)33-19-14-28-8-4-5-9-31(28)26-33;43-36-12-6-7-13-39(36)46(32-10-2-1-3-11-32)37-22-17-29-16-21-35-38(23-18-30-15-20-34(37)41(29)42(30)35)47(40-24-25-44-27-45-40)33-19-14-28-8-4-5-9-31(28)26-33/h1-29H;2*1-27H.